The van der Waals surface area contributed by atoms with Crippen molar-refractivity contribution in [2.45, 2.75) is 65.5 Å². The summed E-state index contributed by atoms with van der Waals surface area (Å²) in [5.74, 6) is 1.50. The van der Waals surface area contributed by atoms with Crippen LogP contribution in [0.15, 0.2) is 0 Å². The fourth-order valence-electron chi connectivity index (χ4n) is 2.62. The predicted octanol–water partition coefficient (Wildman–Crippen LogP) is 2.40. The summed E-state index contributed by atoms with van der Waals surface area (Å²) in [5, 5.41) is 0. The third kappa shape index (κ3) is 4.30. The zero-order valence-electron chi connectivity index (χ0n) is 12.0. The van der Waals surface area contributed by atoms with Crippen molar-refractivity contribution in [1.82, 2.24) is 4.90 Å². The van der Waals surface area contributed by atoms with Crippen LogP contribution < -0.4 is 5.73 Å². The molecule has 1 saturated heterocycles. The fourth-order valence-corrected chi connectivity index (χ4v) is 2.62. The van der Waals surface area contributed by atoms with Gasteiger partial charge < -0.3 is 10.6 Å². The molecule has 0 aromatic carbocycles. The van der Waals surface area contributed by atoms with Gasteiger partial charge in [-0.15, -0.1) is 0 Å². The molecule has 100 valence electrons. The Labute approximate surface area is 106 Å². The van der Waals surface area contributed by atoms with E-state index in [1.165, 1.54) is 6.42 Å². The van der Waals surface area contributed by atoms with E-state index in [-0.39, 0.29) is 11.4 Å². The van der Waals surface area contributed by atoms with Crippen LogP contribution in [0.1, 0.15) is 53.9 Å². The summed E-state index contributed by atoms with van der Waals surface area (Å²) in [6.07, 6.45) is 2.57. The number of likely N-dealkylation sites (tertiary alicyclic amines) is 1. The number of nitrogens with two attached hydrogens (primary N) is 1. The van der Waals surface area contributed by atoms with E-state index in [2.05, 4.69) is 25.7 Å². The fraction of sp³-hybridized carbons (Fsp3) is 0.929. The second-order valence-electron chi connectivity index (χ2n) is 6.59. The zero-order chi connectivity index (χ0) is 13.2. The highest BCUT2D eigenvalue weighted by Crippen LogP contribution is 2.27. The standard InChI is InChI=1S/C14H28N2O/c1-10-8-11(2)12(3)16(9-10)13(17)6-7-14(4,5)15/h10-12H,6-9,15H2,1-5H3. The molecule has 1 amide bonds. The molecule has 3 heteroatoms. The van der Waals surface area contributed by atoms with Gasteiger partial charge in [-0.3, -0.25) is 4.79 Å². The van der Waals surface area contributed by atoms with Gasteiger partial charge in [0.2, 0.25) is 5.91 Å². The average molecular weight is 240 g/mol. The lowest BCUT2D eigenvalue weighted by atomic mass is 9.85. The van der Waals surface area contributed by atoms with Crippen molar-refractivity contribution < 1.29 is 4.79 Å². The summed E-state index contributed by atoms with van der Waals surface area (Å²) in [6, 6.07) is 0.375. The van der Waals surface area contributed by atoms with Crippen LogP contribution >= 0.6 is 0 Å². The van der Waals surface area contributed by atoms with E-state index >= 15 is 0 Å². The van der Waals surface area contributed by atoms with E-state index in [4.69, 9.17) is 5.73 Å². The Bertz CT molecular complexity index is 270. The highest BCUT2D eigenvalue weighted by molar-refractivity contribution is 5.76. The van der Waals surface area contributed by atoms with Crippen LogP contribution in [0.2, 0.25) is 0 Å². The highest BCUT2D eigenvalue weighted by Gasteiger charge is 2.31. The number of hydrogen-bond acceptors (Lipinski definition) is 2. The van der Waals surface area contributed by atoms with Crippen LogP contribution in [0.5, 0.6) is 0 Å². The first-order valence-electron chi connectivity index (χ1n) is 6.79. The Morgan fingerprint density at radius 1 is 1.35 bits per heavy atom. The summed E-state index contributed by atoms with van der Waals surface area (Å²) in [6.45, 7) is 11.5. The smallest absolute Gasteiger partial charge is 0.222 e. The molecule has 17 heavy (non-hydrogen) atoms. The van der Waals surface area contributed by atoms with Crippen molar-refractivity contribution in [2.24, 2.45) is 17.6 Å². The average Bonchev–Trinajstić information content (AvgIpc) is 2.19. The normalized spacial score (nSPS) is 30.5. The first kappa shape index (κ1) is 14.5. The number of amides is 1. The molecular formula is C14H28N2O. The van der Waals surface area contributed by atoms with Gasteiger partial charge in [-0.2, -0.15) is 0 Å². The van der Waals surface area contributed by atoms with Gasteiger partial charge in [-0.25, -0.2) is 0 Å². The Morgan fingerprint density at radius 2 is 1.94 bits per heavy atom. The second kappa shape index (κ2) is 5.38. The van der Waals surface area contributed by atoms with Crippen molar-refractivity contribution in [3.05, 3.63) is 0 Å². The summed E-state index contributed by atoms with van der Waals surface area (Å²) in [4.78, 5) is 14.3. The second-order valence-corrected chi connectivity index (χ2v) is 6.59. The van der Waals surface area contributed by atoms with Crippen molar-refractivity contribution in [3.8, 4) is 0 Å². The third-order valence-electron chi connectivity index (χ3n) is 3.90. The number of rotatable bonds is 3. The lowest BCUT2D eigenvalue weighted by Gasteiger charge is -2.41. The van der Waals surface area contributed by atoms with Gasteiger partial charge in [0.15, 0.2) is 0 Å². The molecule has 3 nitrogen and oxygen atoms in total. The number of carbonyl (C=O) groups is 1. The molecule has 3 unspecified atom stereocenters. The van der Waals surface area contributed by atoms with Crippen LogP contribution in [0, 0.1) is 11.8 Å². The summed E-state index contributed by atoms with van der Waals surface area (Å²) in [7, 11) is 0. The molecule has 1 heterocycles. The minimum atomic E-state index is -0.244. The van der Waals surface area contributed by atoms with Gasteiger partial charge in [0.25, 0.3) is 0 Å². The maximum atomic E-state index is 12.2. The quantitative estimate of drug-likeness (QED) is 0.823. The van der Waals surface area contributed by atoms with Gasteiger partial charge in [-0.05, 0) is 45.4 Å². The minimum absolute atomic E-state index is 0.244. The molecule has 0 aliphatic carbocycles. The van der Waals surface area contributed by atoms with E-state index in [0.29, 0.717) is 24.3 Å². The molecule has 0 aromatic heterocycles. The monoisotopic (exact) mass is 240 g/mol. The number of hydrogen-bond donors (Lipinski definition) is 1. The van der Waals surface area contributed by atoms with Crippen molar-refractivity contribution >= 4 is 5.91 Å². The Balaban J connectivity index is 2.55. The molecule has 1 fully saturated rings. The molecule has 0 bridgehead atoms. The third-order valence-corrected chi connectivity index (χ3v) is 3.90. The van der Waals surface area contributed by atoms with E-state index in [1.54, 1.807) is 0 Å². The van der Waals surface area contributed by atoms with Crippen LogP contribution in [-0.2, 0) is 4.79 Å². The zero-order valence-corrected chi connectivity index (χ0v) is 12.0. The maximum absolute atomic E-state index is 12.2. The van der Waals surface area contributed by atoms with Crippen molar-refractivity contribution in [1.29, 1.82) is 0 Å². The number of piperidine rings is 1. The van der Waals surface area contributed by atoms with Crippen LogP contribution in [-0.4, -0.2) is 28.9 Å². The molecular weight excluding hydrogens is 212 g/mol. The Hall–Kier alpha value is -0.570. The Morgan fingerprint density at radius 3 is 2.47 bits per heavy atom. The van der Waals surface area contributed by atoms with Gasteiger partial charge in [0.1, 0.15) is 0 Å². The van der Waals surface area contributed by atoms with Crippen LogP contribution in [0.25, 0.3) is 0 Å². The van der Waals surface area contributed by atoms with E-state index in [1.807, 2.05) is 13.8 Å². The first-order chi connectivity index (χ1) is 7.70. The predicted molar refractivity (Wildman–Crippen MR) is 71.6 cm³/mol. The maximum Gasteiger partial charge on any atom is 0.222 e. The number of nitrogens with zero attached hydrogens (tertiary/aromatic N) is 1. The number of carbonyl (C=O) groups excluding carboxylic acids is 1. The van der Waals surface area contributed by atoms with Gasteiger partial charge in [0, 0.05) is 24.5 Å². The Kier molecular flexibility index (Phi) is 4.59. The largest absolute Gasteiger partial charge is 0.339 e. The lowest BCUT2D eigenvalue weighted by molar-refractivity contribution is -0.137. The molecule has 1 aliphatic heterocycles. The summed E-state index contributed by atoms with van der Waals surface area (Å²) < 4.78 is 0. The topological polar surface area (TPSA) is 46.3 Å². The molecule has 0 spiro atoms. The van der Waals surface area contributed by atoms with E-state index in [0.717, 1.165) is 13.0 Å². The van der Waals surface area contributed by atoms with Crippen molar-refractivity contribution in [2.75, 3.05) is 6.54 Å². The molecule has 0 radical (unpaired) electrons. The van der Waals surface area contributed by atoms with E-state index < -0.39 is 0 Å². The summed E-state index contributed by atoms with van der Waals surface area (Å²) in [5.41, 5.74) is 5.69. The summed E-state index contributed by atoms with van der Waals surface area (Å²) >= 11 is 0. The van der Waals surface area contributed by atoms with Gasteiger partial charge in [0.05, 0.1) is 0 Å². The molecule has 1 aliphatic rings. The molecule has 0 saturated carbocycles. The SMILES string of the molecule is CC1CC(C)C(C)N(C(=O)CCC(C)(C)N)C1. The van der Waals surface area contributed by atoms with Crippen LogP contribution in [0.4, 0.5) is 0 Å². The minimum Gasteiger partial charge on any atom is -0.339 e. The van der Waals surface area contributed by atoms with Gasteiger partial charge in [-0.1, -0.05) is 13.8 Å². The first-order valence-corrected chi connectivity index (χ1v) is 6.79. The molecule has 3 atom stereocenters. The van der Waals surface area contributed by atoms with Crippen molar-refractivity contribution in [3.63, 3.8) is 0 Å². The highest BCUT2D eigenvalue weighted by atomic mass is 16.2. The molecule has 2 N–H and O–H groups in total. The van der Waals surface area contributed by atoms with Gasteiger partial charge >= 0.3 is 0 Å². The van der Waals surface area contributed by atoms with E-state index in [9.17, 15) is 4.79 Å². The molecule has 0 aromatic rings. The molecule has 1 rings (SSSR count). The van der Waals surface area contributed by atoms with Crippen LogP contribution in [0.3, 0.4) is 0 Å². The lowest BCUT2D eigenvalue weighted by Crippen LogP contribution is -2.49.